The van der Waals surface area contributed by atoms with Crippen LogP contribution in [-0.2, 0) is 9.53 Å². The van der Waals surface area contributed by atoms with Crippen LogP contribution >= 0.6 is 34.2 Å². The standard InChI is InChI=1S/C14H15ClINO3/c1-20-14(19)12-4-2-3-7-17(12)13(18)10-8-9(15)5-6-11(10)16/h5-6,8,12H,2-4,7H2,1H3/t12-/m1/s1. The SMILES string of the molecule is COC(=O)[C@H]1CCCCN1C(=O)c1cc(Cl)ccc1I. The van der Waals surface area contributed by atoms with Gasteiger partial charge in [-0.25, -0.2) is 4.79 Å². The maximum absolute atomic E-state index is 12.7. The van der Waals surface area contributed by atoms with E-state index in [2.05, 4.69) is 22.6 Å². The van der Waals surface area contributed by atoms with E-state index in [1.54, 1.807) is 23.1 Å². The van der Waals surface area contributed by atoms with Crippen LogP contribution in [0.5, 0.6) is 0 Å². The van der Waals surface area contributed by atoms with Gasteiger partial charge in [0.1, 0.15) is 6.04 Å². The summed E-state index contributed by atoms with van der Waals surface area (Å²) in [6, 6.07) is 4.70. The van der Waals surface area contributed by atoms with Crippen LogP contribution in [-0.4, -0.2) is 36.5 Å². The number of amides is 1. The van der Waals surface area contributed by atoms with Crippen LogP contribution in [0.3, 0.4) is 0 Å². The molecule has 6 heteroatoms. The lowest BCUT2D eigenvalue weighted by atomic mass is 10.0. The molecule has 0 aliphatic carbocycles. The minimum absolute atomic E-state index is 0.160. The molecule has 0 unspecified atom stereocenters. The van der Waals surface area contributed by atoms with Gasteiger partial charge >= 0.3 is 5.97 Å². The number of benzene rings is 1. The largest absolute Gasteiger partial charge is 0.467 e. The normalized spacial score (nSPS) is 18.8. The van der Waals surface area contributed by atoms with Gasteiger partial charge in [-0.3, -0.25) is 4.79 Å². The van der Waals surface area contributed by atoms with Crippen LogP contribution in [0.2, 0.25) is 5.02 Å². The number of halogens is 2. The first-order valence-corrected chi connectivity index (χ1v) is 7.84. The number of ether oxygens (including phenoxy) is 1. The van der Waals surface area contributed by atoms with E-state index in [0.29, 0.717) is 23.6 Å². The lowest BCUT2D eigenvalue weighted by molar-refractivity contribution is -0.147. The molecule has 1 heterocycles. The van der Waals surface area contributed by atoms with E-state index in [9.17, 15) is 9.59 Å². The summed E-state index contributed by atoms with van der Waals surface area (Å²) in [7, 11) is 1.35. The smallest absolute Gasteiger partial charge is 0.328 e. The molecule has 0 N–H and O–H groups in total. The molecule has 1 amide bonds. The van der Waals surface area contributed by atoms with Gasteiger partial charge in [-0.2, -0.15) is 0 Å². The Morgan fingerprint density at radius 2 is 2.15 bits per heavy atom. The van der Waals surface area contributed by atoms with Crippen molar-refractivity contribution in [2.24, 2.45) is 0 Å². The molecule has 0 aromatic heterocycles. The van der Waals surface area contributed by atoms with E-state index < -0.39 is 6.04 Å². The van der Waals surface area contributed by atoms with Crippen LogP contribution in [0.1, 0.15) is 29.6 Å². The van der Waals surface area contributed by atoms with Gasteiger partial charge in [-0.1, -0.05) is 11.6 Å². The van der Waals surface area contributed by atoms with Crippen molar-refractivity contribution in [3.63, 3.8) is 0 Å². The molecule has 0 spiro atoms. The predicted octanol–water partition coefficient (Wildman–Crippen LogP) is 3.11. The molecule has 1 fully saturated rings. The zero-order chi connectivity index (χ0) is 14.7. The first-order chi connectivity index (χ1) is 9.54. The third-order valence-electron chi connectivity index (χ3n) is 3.40. The van der Waals surface area contributed by atoms with Gasteiger partial charge < -0.3 is 9.64 Å². The van der Waals surface area contributed by atoms with Crippen molar-refractivity contribution in [3.05, 3.63) is 32.4 Å². The van der Waals surface area contributed by atoms with E-state index in [1.807, 2.05) is 0 Å². The average molecular weight is 408 g/mol. The van der Waals surface area contributed by atoms with Crippen molar-refractivity contribution in [1.29, 1.82) is 0 Å². The Labute approximate surface area is 136 Å². The van der Waals surface area contributed by atoms with Crippen molar-refractivity contribution >= 4 is 46.1 Å². The summed E-state index contributed by atoms with van der Waals surface area (Å²) in [6.45, 7) is 0.571. The number of rotatable bonds is 2. The molecule has 2 rings (SSSR count). The molecule has 0 saturated carbocycles. The minimum Gasteiger partial charge on any atom is -0.467 e. The Morgan fingerprint density at radius 1 is 1.40 bits per heavy atom. The zero-order valence-electron chi connectivity index (χ0n) is 11.1. The highest BCUT2D eigenvalue weighted by atomic mass is 127. The third-order valence-corrected chi connectivity index (χ3v) is 4.57. The Kier molecular flexibility index (Phi) is 5.26. The Bertz CT molecular complexity index is 535. The van der Waals surface area contributed by atoms with Gasteiger partial charge in [0.15, 0.2) is 0 Å². The third kappa shape index (κ3) is 3.25. The summed E-state index contributed by atoms with van der Waals surface area (Å²) < 4.78 is 5.62. The second-order valence-electron chi connectivity index (χ2n) is 4.66. The van der Waals surface area contributed by atoms with Gasteiger partial charge in [-0.05, 0) is 60.1 Å². The second-order valence-corrected chi connectivity index (χ2v) is 6.26. The monoisotopic (exact) mass is 407 g/mol. The first kappa shape index (κ1) is 15.6. The lowest BCUT2D eigenvalue weighted by Crippen LogP contribution is -2.48. The average Bonchev–Trinajstić information content (AvgIpc) is 2.48. The number of carbonyl (C=O) groups is 2. The van der Waals surface area contributed by atoms with Crippen molar-refractivity contribution in [2.45, 2.75) is 25.3 Å². The highest BCUT2D eigenvalue weighted by molar-refractivity contribution is 14.1. The Morgan fingerprint density at radius 3 is 2.85 bits per heavy atom. The number of carbonyl (C=O) groups excluding carboxylic acids is 2. The van der Waals surface area contributed by atoms with Crippen molar-refractivity contribution < 1.29 is 14.3 Å². The molecule has 1 aromatic rings. The fourth-order valence-corrected chi connectivity index (χ4v) is 3.11. The molecule has 1 aliphatic heterocycles. The number of esters is 1. The van der Waals surface area contributed by atoms with E-state index in [0.717, 1.165) is 16.4 Å². The molecule has 1 atom stereocenters. The molecular weight excluding hydrogens is 393 g/mol. The molecule has 20 heavy (non-hydrogen) atoms. The van der Waals surface area contributed by atoms with Gasteiger partial charge in [0.25, 0.3) is 5.91 Å². The summed E-state index contributed by atoms with van der Waals surface area (Å²) in [5.74, 6) is -0.512. The Hall–Kier alpha value is -0.820. The van der Waals surface area contributed by atoms with E-state index in [1.165, 1.54) is 7.11 Å². The minimum atomic E-state index is -0.490. The van der Waals surface area contributed by atoms with Gasteiger partial charge in [0, 0.05) is 15.1 Å². The topological polar surface area (TPSA) is 46.6 Å². The molecule has 1 aliphatic rings. The van der Waals surface area contributed by atoms with Crippen molar-refractivity contribution in [3.8, 4) is 0 Å². The fraction of sp³-hybridized carbons (Fsp3) is 0.429. The van der Waals surface area contributed by atoms with Gasteiger partial charge in [-0.15, -0.1) is 0 Å². The van der Waals surface area contributed by atoms with Crippen molar-refractivity contribution in [2.75, 3.05) is 13.7 Å². The van der Waals surface area contributed by atoms with Crippen LogP contribution in [0, 0.1) is 3.57 Å². The van der Waals surface area contributed by atoms with E-state index in [4.69, 9.17) is 16.3 Å². The molecule has 4 nitrogen and oxygen atoms in total. The maximum atomic E-state index is 12.7. The molecule has 0 bridgehead atoms. The van der Waals surface area contributed by atoms with Crippen LogP contribution < -0.4 is 0 Å². The maximum Gasteiger partial charge on any atom is 0.328 e. The molecule has 0 radical (unpaired) electrons. The summed E-state index contributed by atoms with van der Waals surface area (Å²) in [5.41, 5.74) is 0.536. The van der Waals surface area contributed by atoms with Crippen LogP contribution in [0.15, 0.2) is 18.2 Å². The number of methoxy groups -OCH3 is 1. The van der Waals surface area contributed by atoms with Crippen LogP contribution in [0.25, 0.3) is 0 Å². The molecule has 108 valence electrons. The summed E-state index contributed by atoms with van der Waals surface area (Å²) in [5, 5.41) is 0.514. The van der Waals surface area contributed by atoms with E-state index >= 15 is 0 Å². The number of hydrogen-bond acceptors (Lipinski definition) is 3. The highest BCUT2D eigenvalue weighted by Crippen LogP contribution is 2.24. The quantitative estimate of drug-likeness (QED) is 0.559. The molecular formula is C14H15ClINO3. The number of piperidine rings is 1. The van der Waals surface area contributed by atoms with E-state index in [-0.39, 0.29) is 11.9 Å². The lowest BCUT2D eigenvalue weighted by Gasteiger charge is -2.34. The number of likely N-dealkylation sites (tertiary alicyclic amines) is 1. The predicted molar refractivity (Wildman–Crippen MR) is 84.9 cm³/mol. The first-order valence-electron chi connectivity index (χ1n) is 6.38. The highest BCUT2D eigenvalue weighted by Gasteiger charge is 2.33. The number of nitrogens with zero attached hydrogens (tertiary/aromatic N) is 1. The van der Waals surface area contributed by atoms with Crippen LogP contribution in [0.4, 0.5) is 0 Å². The zero-order valence-corrected chi connectivity index (χ0v) is 14.0. The Balaban J connectivity index is 2.30. The number of hydrogen-bond donors (Lipinski definition) is 0. The second kappa shape index (κ2) is 6.76. The van der Waals surface area contributed by atoms with Gasteiger partial charge in [0.05, 0.1) is 12.7 Å². The summed E-state index contributed by atoms with van der Waals surface area (Å²) in [6.07, 6.45) is 2.47. The fourth-order valence-electron chi connectivity index (χ4n) is 2.37. The summed E-state index contributed by atoms with van der Waals surface area (Å²) >= 11 is 8.06. The molecule has 1 saturated heterocycles. The van der Waals surface area contributed by atoms with Crippen molar-refractivity contribution in [1.82, 2.24) is 4.90 Å². The summed E-state index contributed by atoms with van der Waals surface area (Å²) in [4.78, 5) is 26.1. The molecule has 1 aromatic carbocycles. The van der Waals surface area contributed by atoms with Gasteiger partial charge in [0.2, 0.25) is 0 Å².